The van der Waals surface area contributed by atoms with Crippen molar-refractivity contribution in [3.05, 3.63) is 52.4 Å². The predicted octanol–water partition coefficient (Wildman–Crippen LogP) is 3.95. The highest BCUT2D eigenvalue weighted by atomic mass is 35.5. The van der Waals surface area contributed by atoms with Gasteiger partial charge >= 0.3 is 0 Å². The number of hydrogen-bond donors (Lipinski definition) is 1. The fourth-order valence-electron chi connectivity index (χ4n) is 2.10. The molecule has 1 unspecified atom stereocenters. The molecule has 0 bridgehead atoms. The monoisotopic (exact) mass is 279 g/mol. The molecule has 0 aliphatic carbocycles. The van der Waals surface area contributed by atoms with E-state index >= 15 is 0 Å². The minimum atomic E-state index is -0.0362. The van der Waals surface area contributed by atoms with Gasteiger partial charge in [0.1, 0.15) is 17.3 Å². The van der Waals surface area contributed by atoms with Crippen LogP contribution in [0.5, 0.6) is 5.75 Å². The molecule has 19 heavy (non-hydrogen) atoms. The van der Waals surface area contributed by atoms with Crippen LogP contribution in [0.1, 0.15) is 30.0 Å². The molecule has 0 saturated heterocycles. The van der Waals surface area contributed by atoms with Crippen molar-refractivity contribution in [3.63, 3.8) is 0 Å². The second-order valence-corrected chi connectivity index (χ2v) is 4.76. The Morgan fingerprint density at radius 2 is 2.11 bits per heavy atom. The number of aryl methyl sites for hydroxylation is 1. The molecular formula is C15H18ClNO2. The molecule has 0 amide bonds. The van der Waals surface area contributed by atoms with Gasteiger partial charge in [-0.15, -0.1) is 0 Å². The smallest absolute Gasteiger partial charge is 0.125 e. The number of hydrogen-bond acceptors (Lipinski definition) is 3. The largest absolute Gasteiger partial charge is 0.496 e. The topological polar surface area (TPSA) is 34.4 Å². The standard InChI is InChI=1S/C15H18ClNO2/c1-4-17-15(13-8-5-10(2)19-13)12-7-6-11(16)9-14(12)18-3/h5-9,15,17H,4H2,1-3H3. The van der Waals surface area contributed by atoms with Gasteiger partial charge in [0, 0.05) is 10.6 Å². The average Bonchev–Trinajstić information content (AvgIpc) is 2.82. The van der Waals surface area contributed by atoms with Crippen LogP contribution < -0.4 is 10.1 Å². The van der Waals surface area contributed by atoms with Crippen LogP contribution in [0.2, 0.25) is 5.02 Å². The van der Waals surface area contributed by atoms with E-state index in [4.69, 9.17) is 20.8 Å². The Kier molecular flexibility index (Phi) is 4.51. The predicted molar refractivity (Wildman–Crippen MR) is 77.0 cm³/mol. The Morgan fingerprint density at radius 3 is 2.68 bits per heavy atom. The van der Waals surface area contributed by atoms with Crippen LogP contribution in [0.3, 0.4) is 0 Å². The van der Waals surface area contributed by atoms with Gasteiger partial charge in [0.15, 0.2) is 0 Å². The van der Waals surface area contributed by atoms with Gasteiger partial charge < -0.3 is 14.5 Å². The van der Waals surface area contributed by atoms with Crippen LogP contribution in [0.15, 0.2) is 34.7 Å². The van der Waals surface area contributed by atoms with Crippen molar-refractivity contribution in [1.82, 2.24) is 5.32 Å². The van der Waals surface area contributed by atoms with E-state index in [0.29, 0.717) is 5.02 Å². The van der Waals surface area contributed by atoms with Gasteiger partial charge in [-0.1, -0.05) is 24.6 Å². The quantitative estimate of drug-likeness (QED) is 0.900. The third-order valence-electron chi connectivity index (χ3n) is 2.96. The molecule has 1 N–H and O–H groups in total. The first-order valence-electron chi connectivity index (χ1n) is 6.29. The lowest BCUT2D eigenvalue weighted by atomic mass is 10.0. The molecular weight excluding hydrogens is 262 g/mol. The first-order valence-corrected chi connectivity index (χ1v) is 6.66. The summed E-state index contributed by atoms with van der Waals surface area (Å²) in [5.74, 6) is 2.53. The fourth-order valence-corrected chi connectivity index (χ4v) is 2.26. The molecule has 102 valence electrons. The number of ether oxygens (including phenoxy) is 1. The molecule has 0 spiro atoms. The van der Waals surface area contributed by atoms with E-state index in [1.54, 1.807) is 7.11 Å². The lowest BCUT2D eigenvalue weighted by molar-refractivity contribution is 0.390. The highest BCUT2D eigenvalue weighted by molar-refractivity contribution is 6.30. The van der Waals surface area contributed by atoms with E-state index in [-0.39, 0.29) is 6.04 Å². The molecule has 1 heterocycles. The van der Waals surface area contributed by atoms with Crippen molar-refractivity contribution in [2.45, 2.75) is 19.9 Å². The lowest BCUT2D eigenvalue weighted by Crippen LogP contribution is -2.22. The molecule has 3 nitrogen and oxygen atoms in total. The van der Waals surface area contributed by atoms with Crippen LogP contribution in [-0.2, 0) is 0 Å². The summed E-state index contributed by atoms with van der Waals surface area (Å²) in [5, 5.41) is 4.06. The van der Waals surface area contributed by atoms with E-state index < -0.39 is 0 Å². The minimum absolute atomic E-state index is 0.0362. The number of nitrogens with one attached hydrogen (secondary N) is 1. The molecule has 0 saturated carbocycles. The maximum atomic E-state index is 6.00. The van der Waals surface area contributed by atoms with Crippen molar-refractivity contribution in [1.29, 1.82) is 0 Å². The van der Waals surface area contributed by atoms with Crippen molar-refractivity contribution >= 4 is 11.6 Å². The van der Waals surface area contributed by atoms with Crippen molar-refractivity contribution < 1.29 is 9.15 Å². The summed E-state index contributed by atoms with van der Waals surface area (Å²) in [6, 6.07) is 9.55. The Hall–Kier alpha value is -1.45. The zero-order valence-corrected chi connectivity index (χ0v) is 12.1. The number of methoxy groups -OCH3 is 1. The molecule has 1 atom stereocenters. The van der Waals surface area contributed by atoms with Crippen LogP contribution in [0.4, 0.5) is 0 Å². The van der Waals surface area contributed by atoms with Crippen LogP contribution in [-0.4, -0.2) is 13.7 Å². The summed E-state index contributed by atoms with van der Waals surface area (Å²) < 4.78 is 11.1. The van der Waals surface area contributed by atoms with Gasteiger partial charge in [-0.05, 0) is 37.7 Å². The van der Waals surface area contributed by atoms with E-state index in [0.717, 1.165) is 29.4 Å². The fraction of sp³-hybridized carbons (Fsp3) is 0.333. The van der Waals surface area contributed by atoms with E-state index in [1.165, 1.54) is 0 Å². The number of halogens is 1. The van der Waals surface area contributed by atoms with Gasteiger partial charge in [0.05, 0.1) is 13.2 Å². The van der Waals surface area contributed by atoms with Crippen LogP contribution in [0.25, 0.3) is 0 Å². The first kappa shape index (κ1) is 14.0. The van der Waals surface area contributed by atoms with E-state index in [2.05, 4.69) is 12.2 Å². The molecule has 0 fully saturated rings. The van der Waals surface area contributed by atoms with Gasteiger partial charge in [0.2, 0.25) is 0 Å². The Balaban J connectivity index is 2.44. The molecule has 4 heteroatoms. The van der Waals surface area contributed by atoms with E-state index in [1.807, 2.05) is 37.3 Å². The Morgan fingerprint density at radius 1 is 1.32 bits per heavy atom. The lowest BCUT2D eigenvalue weighted by Gasteiger charge is -2.19. The number of rotatable bonds is 5. The van der Waals surface area contributed by atoms with Crippen molar-refractivity contribution in [3.8, 4) is 5.75 Å². The molecule has 0 radical (unpaired) electrons. The second-order valence-electron chi connectivity index (χ2n) is 4.33. The van der Waals surface area contributed by atoms with E-state index in [9.17, 15) is 0 Å². The zero-order chi connectivity index (χ0) is 13.8. The van der Waals surface area contributed by atoms with Gasteiger partial charge in [-0.3, -0.25) is 0 Å². The van der Waals surface area contributed by atoms with Crippen molar-refractivity contribution in [2.24, 2.45) is 0 Å². The molecule has 1 aromatic heterocycles. The van der Waals surface area contributed by atoms with Gasteiger partial charge in [-0.2, -0.15) is 0 Å². The maximum absolute atomic E-state index is 6.00. The third kappa shape index (κ3) is 3.11. The highest BCUT2D eigenvalue weighted by Crippen LogP contribution is 2.32. The normalized spacial score (nSPS) is 12.4. The zero-order valence-electron chi connectivity index (χ0n) is 11.4. The van der Waals surface area contributed by atoms with Gasteiger partial charge in [0.25, 0.3) is 0 Å². The second kappa shape index (κ2) is 6.13. The maximum Gasteiger partial charge on any atom is 0.125 e. The average molecular weight is 280 g/mol. The third-order valence-corrected chi connectivity index (χ3v) is 3.20. The SMILES string of the molecule is CCNC(c1ccc(C)o1)c1ccc(Cl)cc1OC. The summed E-state index contributed by atoms with van der Waals surface area (Å²) in [5.41, 5.74) is 1.02. The molecule has 2 rings (SSSR count). The minimum Gasteiger partial charge on any atom is -0.496 e. The first-order chi connectivity index (χ1) is 9.15. The highest BCUT2D eigenvalue weighted by Gasteiger charge is 2.20. The number of benzene rings is 1. The van der Waals surface area contributed by atoms with Crippen LogP contribution in [0, 0.1) is 6.92 Å². The Labute approximate surface area is 118 Å². The summed E-state index contributed by atoms with van der Waals surface area (Å²) in [6.07, 6.45) is 0. The van der Waals surface area contributed by atoms with Crippen molar-refractivity contribution in [2.75, 3.05) is 13.7 Å². The molecule has 0 aliphatic rings. The van der Waals surface area contributed by atoms with Crippen LogP contribution >= 0.6 is 11.6 Å². The molecule has 1 aromatic carbocycles. The summed E-state index contributed by atoms with van der Waals surface area (Å²) in [6.45, 7) is 4.83. The summed E-state index contributed by atoms with van der Waals surface area (Å²) in [7, 11) is 1.64. The summed E-state index contributed by atoms with van der Waals surface area (Å²) in [4.78, 5) is 0. The summed E-state index contributed by atoms with van der Waals surface area (Å²) >= 11 is 6.00. The Bertz CT molecular complexity index is 551. The number of furan rings is 1. The van der Waals surface area contributed by atoms with Gasteiger partial charge in [-0.25, -0.2) is 0 Å². The molecule has 2 aromatic rings. The molecule has 0 aliphatic heterocycles.